The van der Waals surface area contributed by atoms with E-state index in [-0.39, 0.29) is 30.1 Å². The molecule has 1 aliphatic heterocycles. The van der Waals surface area contributed by atoms with E-state index in [0.29, 0.717) is 31.2 Å². The minimum absolute atomic E-state index is 0.122. The van der Waals surface area contributed by atoms with E-state index < -0.39 is 11.9 Å². The summed E-state index contributed by atoms with van der Waals surface area (Å²) in [4.78, 5) is 38.4. The number of hydrogen-bond acceptors (Lipinski definition) is 6. The number of nitrogens with zero attached hydrogens (tertiary/aromatic N) is 2. The molecule has 2 fully saturated rings. The number of imide groups is 1. The molecule has 1 aromatic carbocycles. The van der Waals surface area contributed by atoms with Crippen LogP contribution in [0.4, 0.5) is 9.18 Å². The van der Waals surface area contributed by atoms with Crippen molar-refractivity contribution in [2.45, 2.75) is 38.1 Å². The number of carbonyl (C=O) groups is 3. The van der Waals surface area contributed by atoms with E-state index in [9.17, 15) is 18.8 Å². The summed E-state index contributed by atoms with van der Waals surface area (Å²) in [7, 11) is 3.34. The first-order valence-corrected chi connectivity index (χ1v) is 11.1. The van der Waals surface area contributed by atoms with Crippen molar-refractivity contribution in [3.63, 3.8) is 0 Å². The van der Waals surface area contributed by atoms with Crippen LogP contribution in [-0.4, -0.2) is 68.0 Å². The highest BCUT2D eigenvalue weighted by molar-refractivity contribution is 6.01. The predicted octanol–water partition coefficient (Wildman–Crippen LogP) is 1.56. The topological polar surface area (TPSA) is 103 Å². The maximum absolute atomic E-state index is 14.1. The summed E-state index contributed by atoms with van der Waals surface area (Å²) < 4.78 is 19.8. The lowest BCUT2D eigenvalue weighted by atomic mass is 10.1. The van der Waals surface area contributed by atoms with E-state index in [1.54, 1.807) is 26.2 Å². The van der Waals surface area contributed by atoms with Gasteiger partial charge >= 0.3 is 6.03 Å². The van der Waals surface area contributed by atoms with Gasteiger partial charge in [0.25, 0.3) is 0 Å². The van der Waals surface area contributed by atoms with Crippen LogP contribution in [0.3, 0.4) is 0 Å². The molecule has 2 aliphatic rings. The molecule has 1 unspecified atom stereocenters. The van der Waals surface area contributed by atoms with Gasteiger partial charge < -0.3 is 14.5 Å². The number of rotatable bonds is 13. The maximum Gasteiger partial charge on any atom is 0.324 e. The number of hydrazine groups is 1. The molecule has 9 nitrogen and oxygen atoms in total. The third-order valence-electron chi connectivity index (χ3n) is 5.49. The molecule has 3 N–H and O–H groups in total. The maximum atomic E-state index is 14.1. The van der Waals surface area contributed by atoms with Gasteiger partial charge in [0.15, 0.2) is 11.6 Å². The van der Waals surface area contributed by atoms with Crippen molar-refractivity contribution in [2.75, 3.05) is 40.3 Å². The van der Waals surface area contributed by atoms with Crippen LogP contribution < -0.4 is 20.9 Å². The van der Waals surface area contributed by atoms with Crippen LogP contribution in [0.1, 0.15) is 43.7 Å². The Morgan fingerprint density at radius 2 is 2.06 bits per heavy atom. The number of ether oxygens (including phenoxy) is 1. The Balaban J connectivity index is 1.46. The molecule has 1 saturated heterocycles. The highest BCUT2D eigenvalue weighted by Crippen LogP contribution is 2.31. The predicted molar refractivity (Wildman–Crippen MR) is 116 cm³/mol. The minimum Gasteiger partial charge on any atom is -0.490 e. The second-order valence-electron chi connectivity index (χ2n) is 8.52. The summed E-state index contributed by atoms with van der Waals surface area (Å²) in [5, 5.41) is 2.26. The number of likely N-dealkylation sites (N-methyl/N-ethyl adjacent to an activating group) is 1. The number of carbonyl (C=O) groups excluding carboxylic acids is 3. The van der Waals surface area contributed by atoms with Crippen molar-refractivity contribution in [2.24, 2.45) is 5.92 Å². The van der Waals surface area contributed by atoms with Gasteiger partial charge in [0.1, 0.15) is 12.6 Å². The van der Waals surface area contributed by atoms with Crippen molar-refractivity contribution in [3.05, 3.63) is 29.6 Å². The van der Waals surface area contributed by atoms with E-state index in [4.69, 9.17) is 4.74 Å². The number of amides is 4. The molecule has 1 atom stereocenters. The summed E-state index contributed by atoms with van der Waals surface area (Å²) in [6.07, 6.45) is 4.67. The van der Waals surface area contributed by atoms with Crippen LogP contribution in [0.25, 0.3) is 0 Å². The Bertz CT molecular complexity index is 831. The van der Waals surface area contributed by atoms with Crippen LogP contribution >= 0.6 is 0 Å². The number of nitrogens with one attached hydrogen (secondary N) is 3. The Kier molecular flexibility index (Phi) is 8.40. The molecule has 0 aromatic heterocycles. The Labute approximate surface area is 187 Å². The monoisotopic (exact) mass is 449 g/mol. The first-order valence-electron chi connectivity index (χ1n) is 11.1. The smallest absolute Gasteiger partial charge is 0.324 e. The van der Waals surface area contributed by atoms with Crippen molar-refractivity contribution < 1.29 is 23.5 Å². The molecule has 1 aliphatic carbocycles. The zero-order chi connectivity index (χ0) is 23.1. The van der Waals surface area contributed by atoms with E-state index in [1.165, 1.54) is 15.9 Å². The second-order valence-corrected chi connectivity index (χ2v) is 8.52. The molecular formula is C22H32FN5O4. The third-order valence-corrected chi connectivity index (χ3v) is 5.49. The molecular weight excluding hydrogens is 417 g/mol. The summed E-state index contributed by atoms with van der Waals surface area (Å²) in [6, 6.07) is 3.48. The zero-order valence-electron chi connectivity index (χ0n) is 18.7. The Morgan fingerprint density at radius 1 is 1.28 bits per heavy atom. The van der Waals surface area contributed by atoms with Gasteiger partial charge in [-0.2, -0.15) is 0 Å². The molecule has 3 rings (SSSR count). The molecule has 0 bridgehead atoms. The number of halogens is 1. The average Bonchev–Trinajstić information content (AvgIpc) is 3.52. The number of unbranched alkanes of at least 4 members (excludes halogenated alkanes) is 2. The van der Waals surface area contributed by atoms with Gasteiger partial charge in [-0.1, -0.05) is 12.5 Å². The summed E-state index contributed by atoms with van der Waals surface area (Å²) in [5.74, 6) is -0.206. The van der Waals surface area contributed by atoms with E-state index >= 15 is 0 Å². The van der Waals surface area contributed by atoms with Crippen molar-refractivity contribution >= 4 is 17.8 Å². The lowest BCUT2D eigenvalue weighted by molar-refractivity contribution is -0.131. The number of urea groups is 1. The molecule has 4 amide bonds. The van der Waals surface area contributed by atoms with Gasteiger partial charge in [0.2, 0.25) is 11.8 Å². The van der Waals surface area contributed by atoms with E-state index in [0.717, 1.165) is 32.1 Å². The largest absolute Gasteiger partial charge is 0.490 e. The first kappa shape index (κ1) is 23.9. The van der Waals surface area contributed by atoms with Gasteiger partial charge in [0.05, 0.1) is 6.61 Å². The number of hydrogen-bond donors (Lipinski definition) is 3. The Hall–Kier alpha value is -2.72. The third kappa shape index (κ3) is 6.89. The molecule has 32 heavy (non-hydrogen) atoms. The van der Waals surface area contributed by atoms with Crippen LogP contribution in [0, 0.1) is 11.7 Å². The van der Waals surface area contributed by atoms with Gasteiger partial charge in [0, 0.05) is 27.2 Å². The lowest BCUT2D eigenvalue weighted by Gasteiger charge is -2.23. The molecule has 10 heteroatoms. The van der Waals surface area contributed by atoms with Crippen molar-refractivity contribution in [1.29, 1.82) is 0 Å². The van der Waals surface area contributed by atoms with Gasteiger partial charge in [-0.05, 0) is 49.3 Å². The first-order chi connectivity index (χ1) is 15.3. The fourth-order valence-corrected chi connectivity index (χ4v) is 3.38. The van der Waals surface area contributed by atoms with Gasteiger partial charge in [-0.25, -0.2) is 14.6 Å². The van der Waals surface area contributed by atoms with Crippen molar-refractivity contribution in [3.8, 4) is 5.75 Å². The zero-order valence-corrected chi connectivity index (χ0v) is 18.7. The van der Waals surface area contributed by atoms with E-state index in [2.05, 4.69) is 16.2 Å². The summed E-state index contributed by atoms with van der Waals surface area (Å²) >= 11 is 0. The number of benzene rings is 1. The summed E-state index contributed by atoms with van der Waals surface area (Å²) in [6.45, 7) is 1.75. The highest BCUT2D eigenvalue weighted by Gasteiger charge is 2.26. The van der Waals surface area contributed by atoms with E-state index in [1.807, 2.05) is 0 Å². The molecule has 1 heterocycles. The summed E-state index contributed by atoms with van der Waals surface area (Å²) in [5.41, 5.74) is 6.75. The highest BCUT2D eigenvalue weighted by atomic mass is 19.1. The van der Waals surface area contributed by atoms with Gasteiger partial charge in [-0.15, -0.1) is 0 Å². The minimum atomic E-state index is -0.687. The fraction of sp³-hybridized carbons (Fsp3) is 0.591. The average molecular weight is 450 g/mol. The molecule has 1 aromatic rings. The van der Waals surface area contributed by atoms with Gasteiger partial charge in [-0.3, -0.25) is 20.3 Å². The normalized spacial score (nSPS) is 16.8. The molecule has 0 spiro atoms. The quantitative estimate of drug-likeness (QED) is 0.240. The molecule has 176 valence electrons. The lowest BCUT2D eigenvalue weighted by Crippen LogP contribution is -2.44. The van der Waals surface area contributed by atoms with Crippen molar-refractivity contribution in [1.82, 2.24) is 26.0 Å². The van der Waals surface area contributed by atoms with Crippen LogP contribution in [0.2, 0.25) is 0 Å². The van der Waals surface area contributed by atoms with Crippen LogP contribution in [-0.2, 0) is 9.59 Å². The standard InChI is InChI=1S/C22H32FN5O4/c1-27(2)21(30)20(16-8-9-17(23)18(12-16)32-14-15-6-7-15)26-24-10-4-3-5-11-28-13-19(29)25-22(28)31/h8-9,12,15,20,24,26H,3-7,10-11,13-14H2,1-2H3,(H,25,29,31). The van der Waals surface area contributed by atoms with Crippen LogP contribution in [0.5, 0.6) is 5.75 Å². The SMILES string of the molecule is CN(C)C(=O)C(NNCCCCCN1CC(=O)NC1=O)c1ccc(F)c(OCC2CC2)c1. The fourth-order valence-electron chi connectivity index (χ4n) is 3.38. The molecule has 1 saturated carbocycles. The Morgan fingerprint density at radius 3 is 2.72 bits per heavy atom. The van der Waals surface area contributed by atoms with Crippen LogP contribution in [0.15, 0.2) is 18.2 Å². The molecule has 0 radical (unpaired) electrons. The second kappa shape index (κ2) is 11.2.